The molecule has 2 rings (SSSR count). The first-order chi connectivity index (χ1) is 7.65. The molecule has 0 unspecified atom stereocenters. The van der Waals surface area contributed by atoms with Crippen LogP contribution < -0.4 is 10.9 Å². The molecule has 2 aromatic carbocycles. The van der Waals surface area contributed by atoms with Crippen molar-refractivity contribution in [2.45, 2.75) is 0 Å². The molecule has 1 radical (unpaired) electrons. The predicted octanol–water partition coefficient (Wildman–Crippen LogP) is 2.35. The summed E-state index contributed by atoms with van der Waals surface area (Å²) in [6.07, 6.45) is 0. The van der Waals surface area contributed by atoms with E-state index in [9.17, 15) is 5.11 Å². The van der Waals surface area contributed by atoms with Crippen LogP contribution in [0.1, 0.15) is 0 Å². The van der Waals surface area contributed by atoms with Crippen LogP contribution in [0.3, 0.4) is 0 Å². The minimum absolute atomic E-state index is 0.0874. The zero-order chi connectivity index (χ0) is 11.5. The Kier molecular flexibility index (Phi) is 3.42. The van der Waals surface area contributed by atoms with Crippen molar-refractivity contribution in [1.82, 2.24) is 0 Å². The SMILES string of the molecule is Oc1cc([B]c2ccc(Cl)cc2)ccc1Cl. The highest BCUT2D eigenvalue weighted by Crippen LogP contribution is 2.19. The number of halogens is 2. The summed E-state index contributed by atoms with van der Waals surface area (Å²) in [4.78, 5) is 0. The summed E-state index contributed by atoms with van der Waals surface area (Å²) < 4.78 is 0. The third kappa shape index (κ3) is 2.72. The number of phenols is 1. The molecule has 1 nitrogen and oxygen atoms in total. The van der Waals surface area contributed by atoms with E-state index in [-0.39, 0.29) is 5.75 Å². The summed E-state index contributed by atoms with van der Waals surface area (Å²) in [5.74, 6) is 0.0874. The van der Waals surface area contributed by atoms with Gasteiger partial charge in [-0.2, -0.15) is 0 Å². The fourth-order valence-electron chi connectivity index (χ4n) is 1.37. The first kappa shape index (κ1) is 11.4. The van der Waals surface area contributed by atoms with Crippen molar-refractivity contribution in [2.24, 2.45) is 0 Å². The normalized spacial score (nSPS) is 10.1. The average molecular weight is 250 g/mol. The lowest BCUT2D eigenvalue weighted by Gasteiger charge is -2.02. The van der Waals surface area contributed by atoms with Gasteiger partial charge in [0.05, 0.1) is 5.02 Å². The summed E-state index contributed by atoms with van der Waals surface area (Å²) >= 11 is 11.5. The number of hydrogen-bond donors (Lipinski definition) is 1. The molecule has 16 heavy (non-hydrogen) atoms. The number of hydrogen-bond acceptors (Lipinski definition) is 1. The Morgan fingerprint density at radius 2 is 1.50 bits per heavy atom. The fourth-order valence-corrected chi connectivity index (χ4v) is 1.61. The minimum Gasteiger partial charge on any atom is -0.506 e. The maximum Gasteiger partial charge on any atom is 0.191 e. The van der Waals surface area contributed by atoms with E-state index >= 15 is 0 Å². The Hall–Kier alpha value is -1.12. The number of aromatic hydroxyl groups is 1. The molecule has 2 aromatic rings. The summed E-state index contributed by atoms with van der Waals surface area (Å²) in [5.41, 5.74) is 1.91. The molecule has 0 aliphatic rings. The van der Waals surface area contributed by atoms with Crippen LogP contribution in [0.15, 0.2) is 42.5 Å². The molecule has 0 aliphatic carbocycles. The second kappa shape index (κ2) is 4.81. The molecule has 0 atom stereocenters. The largest absolute Gasteiger partial charge is 0.506 e. The van der Waals surface area contributed by atoms with E-state index < -0.39 is 0 Å². The molecule has 0 spiro atoms. The van der Waals surface area contributed by atoms with Gasteiger partial charge >= 0.3 is 0 Å². The van der Waals surface area contributed by atoms with E-state index in [0.717, 1.165) is 10.9 Å². The molecule has 4 heteroatoms. The van der Waals surface area contributed by atoms with Gasteiger partial charge in [-0.15, -0.1) is 0 Å². The van der Waals surface area contributed by atoms with Gasteiger partial charge in [0.1, 0.15) is 5.75 Å². The van der Waals surface area contributed by atoms with Crippen LogP contribution in [-0.4, -0.2) is 12.4 Å². The lowest BCUT2D eigenvalue weighted by atomic mass is 9.64. The van der Waals surface area contributed by atoms with Crippen molar-refractivity contribution < 1.29 is 5.11 Å². The van der Waals surface area contributed by atoms with Gasteiger partial charge in [0.15, 0.2) is 7.28 Å². The monoisotopic (exact) mass is 249 g/mol. The van der Waals surface area contributed by atoms with Crippen molar-refractivity contribution in [2.75, 3.05) is 0 Å². The van der Waals surface area contributed by atoms with Crippen molar-refractivity contribution in [3.63, 3.8) is 0 Å². The van der Waals surface area contributed by atoms with Crippen molar-refractivity contribution in [3.8, 4) is 5.75 Å². The van der Waals surface area contributed by atoms with E-state index in [1.807, 2.05) is 37.6 Å². The standard InChI is InChI=1S/C12H8BCl2O/c14-10-4-1-8(2-5-10)13-9-3-6-11(15)12(16)7-9/h1-7,16H. The van der Waals surface area contributed by atoms with Gasteiger partial charge < -0.3 is 5.11 Å². The zero-order valence-electron chi connectivity index (χ0n) is 8.32. The Balaban J connectivity index is 2.20. The van der Waals surface area contributed by atoms with Crippen molar-refractivity contribution in [3.05, 3.63) is 52.5 Å². The van der Waals surface area contributed by atoms with Crippen LogP contribution >= 0.6 is 23.2 Å². The Morgan fingerprint density at radius 1 is 0.875 bits per heavy atom. The minimum atomic E-state index is 0.0874. The molecule has 79 valence electrons. The van der Waals surface area contributed by atoms with Gasteiger partial charge in [-0.1, -0.05) is 52.3 Å². The highest BCUT2D eigenvalue weighted by atomic mass is 35.5. The molecular formula is C12H8BCl2O. The third-order valence-electron chi connectivity index (χ3n) is 2.17. The summed E-state index contributed by atoms with van der Waals surface area (Å²) in [6.45, 7) is 0. The maximum atomic E-state index is 9.45. The van der Waals surface area contributed by atoms with Gasteiger partial charge in [0.25, 0.3) is 0 Å². The molecule has 1 N–H and O–H groups in total. The van der Waals surface area contributed by atoms with E-state index in [2.05, 4.69) is 0 Å². The van der Waals surface area contributed by atoms with Crippen molar-refractivity contribution in [1.29, 1.82) is 0 Å². The van der Waals surface area contributed by atoms with Gasteiger partial charge in [0.2, 0.25) is 0 Å². The molecule has 0 heterocycles. The highest BCUT2D eigenvalue weighted by molar-refractivity contribution is 6.67. The Morgan fingerprint density at radius 3 is 2.12 bits per heavy atom. The van der Waals surface area contributed by atoms with Crippen molar-refractivity contribution >= 4 is 41.4 Å². The van der Waals surface area contributed by atoms with Gasteiger partial charge in [0, 0.05) is 5.02 Å². The smallest absolute Gasteiger partial charge is 0.191 e. The van der Waals surface area contributed by atoms with Gasteiger partial charge in [-0.3, -0.25) is 0 Å². The van der Waals surface area contributed by atoms with Crippen LogP contribution in [-0.2, 0) is 0 Å². The highest BCUT2D eigenvalue weighted by Gasteiger charge is 2.02. The lowest BCUT2D eigenvalue weighted by Crippen LogP contribution is -2.26. The second-order valence-electron chi connectivity index (χ2n) is 3.41. The first-order valence-corrected chi connectivity index (χ1v) is 5.49. The van der Waals surface area contributed by atoms with Crippen LogP contribution in [0.25, 0.3) is 0 Å². The van der Waals surface area contributed by atoms with E-state index in [4.69, 9.17) is 23.2 Å². The quantitative estimate of drug-likeness (QED) is 0.811. The summed E-state index contributed by atoms with van der Waals surface area (Å²) in [5, 5.41) is 10.5. The van der Waals surface area contributed by atoms with Crippen LogP contribution in [0, 0.1) is 0 Å². The molecule has 0 aromatic heterocycles. The number of rotatable bonds is 2. The molecule has 0 amide bonds. The third-order valence-corrected chi connectivity index (χ3v) is 2.75. The van der Waals surface area contributed by atoms with Gasteiger partial charge in [-0.25, -0.2) is 0 Å². The second-order valence-corrected chi connectivity index (χ2v) is 4.25. The van der Waals surface area contributed by atoms with E-state index in [1.165, 1.54) is 0 Å². The number of phenolic OH excluding ortho intramolecular Hbond substituents is 1. The summed E-state index contributed by atoms with van der Waals surface area (Å²) in [6, 6.07) is 12.6. The zero-order valence-corrected chi connectivity index (χ0v) is 9.83. The number of benzene rings is 2. The van der Waals surface area contributed by atoms with E-state index in [0.29, 0.717) is 10.0 Å². The average Bonchev–Trinajstić information content (AvgIpc) is 2.27. The Labute approximate surface area is 105 Å². The van der Waals surface area contributed by atoms with Crippen LogP contribution in [0.4, 0.5) is 0 Å². The first-order valence-electron chi connectivity index (χ1n) is 4.74. The van der Waals surface area contributed by atoms with Crippen LogP contribution in [0.2, 0.25) is 10.0 Å². The maximum absolute atomic E-state index is 9.45. The van der Waals surface area contributed by atoms with E-state index in [1.54, 1.807) is 12.1 Å². The topological polar surface area (TPSA) is 20.2 Å². The summed E-state index contributed by atoms with van der Waals surface area (Å²) in [7, 11) is 1.94. The Bertz CT molecular complexity index is 497. The molecule has 0 aliphatic heterocycles. The molecular weight excluding hydrogens is 242 g/mol. The van der Waals surface area contributed by atoms with Gasteiger partial charge in [-0.05, 0) is 24.3 Å². The predicted molar refractivity (Wildman–Crippen MR) is 69.6 cm³/mol. The fraction of sp³-hybridized carbons (Fsp3) is 0. The van der Waals surface area contributed by atoms with Crippen LogP contribution in [0.5, 0.6) is 5.75 Å². The molecule has 0 saturated heterocycles. The molecule has 0 saturated carbocycles. The molecule has 0 bridgehead atoms. The molecule has 0 fully saturated rings. The lowest BCUT2D eigenvalue weighted by molar-refractivity contribution is 0.476.